The van der Waals surface area contributed by atoms with E-state index in [0.29, 0.717) is 11.5 Å². The molecule has 1 aromatic carbocycles. The van der Waals surface area contributed by atoms with Gasteiger partial charge in [0.2, 0.25) is 0 Å². The number of primary amides is 1. The quantitative estimate of drug-likeness (QED) is 0.802. The fourth-order valence-corrected chi connectivity index (χ4v) is 2.42. The summed E-state index contributed by atoms with van der Waals surface area (Å²) in [7, 11) is 0. The number of carbonyl (C=O) groups excluding carboxylic acids is 1. The number of nitrogens with two attached hydrogens (primary N) is 2. The van der Waals surface area contributed by atoms with E-state index in [-0.39, 0.29) is 11.4 Å². The fourth-order valence-electron chi connectivity index (χ4n) is 1.45. The van der Waals surface area contributed by atoms with Crippen LogP contribution in [0.25, 0.3) is 0 Å². The Morgan fingerprint density at radius 1 is 1.39 bits per heavy atom. The molecule has 7 heteroatoms. The molecule has 0 atom stereocenters. The van der Waals surface area contributed by atoms with Crippen LogP contribution in [-0.2, 0) is 6.54 Å². The predicted molar refractivity (Wildman–Crippen MR) is 76.5 cm³/mol. The Kier molecular flexibility index (Phi) is 3.83. The molecule has 0 radical (unpaired) electrons. The molecule has 0 saturated heterocycles. The van der Waals surface area contributed by atoms with Crippen molar-refractivity contribution < 1.29 is 4.79 Å². The zero-order valence-electron chi connectivity index (χ0n) is 9.31. The number of hydrogen-bond donors (Lipinski definition) is 3. The van der Waals surface area contributed by atoms with Gasteiger partial charge in [-0.3, -0.25) is 4.79 Å². The van der Waals surface area contributed by atoms with E-state index in [1.165, 1.54) is 0 Å². The van der Waals surface area contributed by atoms with Gasteiger partial charge in [0.15, 0.2) is 5.82 Å². The molecule has 5 nitrogen and oxygen atoms in total. The van der Waals surface area contributed by atoms with Crippen molar-refractivity contribution in [1.29, 1.82) is 0 Å². The van der Waals surface area contributed by atoms with Gasteiger partial charge in [-0.1, -0.05) is 28.1 Å². The summed E-state index contributed by atoms with van der Waals surface area (Å²) in [6.07, 6.45) is 0. The molecule has 0 aliphatic carbocycles. The van der Waals surface area contributed by atoms with Crippen LogP contribution in [0, 0.1) is 0 Å². The molecule has 2 aromatic rings. The van der Waals surface area contributed by atoms with Gasteiger partial charge < -0.3 is 16.8 Å². The summed E-state index contributed by atoms with van der Waals surface area (Å²) in [5.74, 6) is -0.398. The van der Waals surface area contributed by atoms with Crippen molar-refractivity contribution in [3.05, 3.63) is 39.9 Å². The number of nitrogen functional groups attached to an aromatic ring is 1. The number of rotatable bonds is 4. The van der Waals surface area contributed by atoms with E-state index < -0.39 is 5.91 Å². The second-order valence-electron chi connectivity index (χ2n) is 3.62. The van der Waals surface area contributed by atoms with Crippen molar-refractivity contribution in [3.63, 3.8) is 0 Å². The van der Waals surface area contributed by atoms with Gasteiger partial charge in [0.05, 0.1) is 0 Å². The van der Waals surface area contributed by atoms with E-state index >= 15 is 0 Å². The van der Waals surface area contributed by atoms with Crippen LogP contribution in [0.15, 0.2) is 28.7 Å². The minimum absolute atomic E-state index is 0.172. The molecule has 1 heterocycles. The van der Waals surface area contributed by atoms with Crippen LogP contribution in [0.4, 0.5) is 10.8 Å². The van der Waals surface area contributed by atoms with Gasteiger partial charge in [-0.05, 0) is 29.2 Å². The van der Waals surface area contributed by atoms with Crippen LogP contribution >= 0.6 is 27.5 Å². The molecule has 1 aromatic heterocycles. The molecule has 94 valence electrons. The number of hydrogen-bond acceptors (Lipinski definition) is 5. The lowest BCUT2D eigenvalue weighted by atomic mass is 10.2. The molecule has 2 rings (SSSR count). The van der Waals surface area contributed by atoms with Crippen molar-refractivity contribution in [1.82, 2.24) is 4.37 Å². The highest BCUT2D eigenvalue weighted by Crippen LogP contribution is 2.26. The second-order valence-corrected chi connectivity index (χ2v) is 5.31. The number of nitrogens with zero attached hydrogens (tertiary/aromatic N) is 1. The van der Waals surface area contributed by atoms with Crippen LogP contribution in [0.1, 0.15) is 15.9 Å². The summed E-state index contributed by atoms with van der Waals surface area (Å²) >= 11 is 4.50. The van der Waals surface area contributed by atoms with Gasteiger partial charge in [0.25, 0.3) is 5.91 Å². The maximum Gasteiger partial charge on any atom is 0.255 e. The van der Waals surface area contributed by atoms with Gasteiger partial charge in [-0.15, -0.1) is 0 Å². The third-order valence-corrected chi connectivity index (χ3v) is 3.68. The lowest BCUT2D eigenvalue weighted by molar-refractivity contribution is 0.100. The number of nitrogens with one attached hydrogen (secondary N) is 1. The topological polar surface area (TPSA) is 94.0 Å². The van der Waals surface area contributed by atoms with E-state index in [1.54, 1.807) is 0 Å². The molecule has 18 heavy (non-hydrogen) atoms. The molecule has 0 saturated carbocycles. The predicted octanol–water partition coefficient (Wildman–Crippen LogP) is 2.20. The first-order valence-corrected chi connectivity index (χ1v) is 6.68. The van der Waals surface area contributed by atoms with Crippen molar-refractivity contribution in [2.45, 2.75) is 6.54 Å². The SMILES string of the molecule is NC(=O)c1c(N)nsc1NCc1ccc(Br)cc1. The minimum Gasteiger partial charge on any atom is -0.382 e. The molecule has 0 spiro atoms. The van der Waals surface area contributed by atoms with Crippen molar-refractivity contribution in [2.24, 2.45) is 5.73 Å². The van der Waals surface area contributed by atoms with E-state index in [2.05, 4.69) is 25.6 Å². The maximum atomic E-state index is 11.2. The fraction of sp³-hybridized carbons (Fsp3) is 0.0909. The Labute approximate surface area is 116 Å². The second kappa shape index (κ2) is 5.36. The zero-order valence-corrected chi connectivity index (χ0v) is 11.7. The summed E-state index contributed by atoms with van der Waals surface area (Å²) in [5, 5.41) is 3.71. The molecule has 0 bridgehead atoms. The average molecular weight is 327 g/mol. The van der Waals surface area contributed by atoms with E-state index in [9.17, 15) is 4.79 Å². The van der Waals surface area contributed by atoms with Crippen LogP contribution < -0.4 is 16.8 Å². The van der Waals surface area contributed by atoms with Gasteiger partial charge in [-0.25, -0.2) is 0 Å². The van der Waals surface area contributed by atoms with Crippen LogP contribution in [-0.4, -0.2) is 10.3 Å². The number of anilines is 2. The van der Waals surface area contributed by atoms with Gasteiger partial charge in [-0.2, -0.15) is 4.37 Å². The van der Waals surface area contributed by atoms with E-state index in [1.807, 2.05) is 24.3 Å². The largest absolute Gasteiger partial charge is 0.382 e. The van der Waals surface area contributed by atoms with Crippen LogP contribution in [0.3, 0.4) is 0 Å². The summed E-state index contributed by atoms with van der Waals surface area (Å²) in [5.41, 5.74) is 12.2. The third kappa shape index (κ3) is 2.80. The van der Waals surface area contributed by atoms with Crippen molar-refractivity contribution >= 4 is 44.2 Å². The number of aromatic nitrogens is 1. The van der Waals surface area contributed by atoms with Gasteiger partial charge in [0.1, 0.15) is 10.6 Å². The first-order chi connectivity index (χ1) is 8.58. The average Bonchev–Trinajstić information content (AvgIpc) is 2.70. The number of carbonyl (C=O) groups is 1. The first-order valence-electron chi connectivity index (χ1n) is 5.11. The zero-order chi connectivity index (χ0) is 13.1. The monoisotopic (exact) mass is 326 g/mol. The highest BCUT2D eigenvalue weighted by Gasteiger charge is 2.16. The van der Waals surface area contributed by atoms with E-state index in [4.69, 9.17) is 11.5 Å². The number of amides is 1. The smallest absolute Gasteiger partial charge is 0.255 e. The standard InChI is InChI=1S/C11H11BrN4OS/c12-7-3-1-6(2-4-7)5-15-11-8(10(14)17)9(13)16-18-11/h1-4,15H,5H2,(H2,13,16)(H2,14,17). The minimum atomic E-state index is -0.570. The van der Waals surface area contributed by atoms with Gasteiger partial charge in [0, 0.05) is 11.0 Å². The molecule has 5 N–H and O–H groups in total. The molecule has 0 aliphatic heterocycles. The molecule has 0 unspecified atom stereocenters. The summed E-state index contributed by atoms with van der Waals surface area (Å²) in [4.78, 5) is 11.2. The lowest BCUT2D eigenvalue weighted by Crippen LogP contribution is -2.14. The van der Waals surface area contributed by atoms with Crippen molar-refractivity contribution in [2.75, 3.05) is 11.1 Å². The number of benzene rings is 1. The Morgan fingerprint density at radius 2 is 2.06 bits per heavy atom. The third-order valence-electron chi connectivity index (χ3n) is 2.33. The highest BCUT2D eigenvalue weighted by atomic mass is 79.9. The Balaban J connectivity index is 2.11. The molecular weight excluding hydrogens is 316 g/mol. The molecular formula is C11H11BrN4OS. The van der Waals surface area contributed by atoms with Crippen LogP contribution in [0.5, 0.6) is 0 Å². The molecule has 0 fully saturated rings. The first kappa shape index (κ1) is 12.8. The maximum absolute atomic E-state index is 11.2. The van der Waals surface area contributed by atoms with E-state index in [0.717, 1.165) is 21.6 Å². The van der Waals surface area contributed by atoms with Gasteiger partial charge >= 0.3 is 0 Å². The summed E-state index contributed by atoms with van der Waals surface area (Å²) in [6, 6.07) is 7.86. The van der Waals surface area contributed by atoms with Crippen molar-refractivity contribution in [3.8, 4) is 0 Å². The molecule has 0 aliphatic rings. The highest BCUT2D eigenvalue weighted by molar-refractivity contribution is 9.10. The van der Waals surface area contributed by atoms with Crippen LogP contribution in [0.2, 0.25) is 0 Å². The number of halogens is 1. The lowest BCUT2D eigenvalue weighted by Gasteiger charge is -2.05. The molecule has 1 amide bonds. The Bertz CT molecular complexity index is 567. The Hall–Kier alpha value is -1.60. The Morgan fingerprint density at radius 3 is 2.67 bits per heavy atom. The summed E-state index contributed by atoms with van der Waals surface area (Å²) < 4.78 is 4.93. The normalized spacial score (nSPS) is 10.3. The summed E-state index contributed by atoms with van der Waals surface area (Å²) in [6.45, 7) is 0.579.